The van der Waals surface area contributed by atoms with Gasteiger partial charge in [0.1, 0.15) is 18.1 Å². The lowest BCUT2D eigenvalue weighted by Gasteiger charge is -2.14. The molecule has 4 aromatic rings. The zero-order chi connectivity index (χ0) is 24.1. The Balaban J connectivity index is 1.81. The summed E-state index contributed by atoms with van der Waals surface area (Å²) in [6.07, 6.45) is 0. The average Bonchev–Trinajstić information content (AvgIpc) is 3.26. The SMILES string of the molecule is CCOC(=O)c1[nH]c2cc(OCc3ccccc3)ccc2c1-c1cc(OC)c(OC)c(OC)c1. The molecule has 7 heteroatoms. The van der Waals surface area contributed by atoms with Crippen molar-refractivity contribution in [2.75, 3.05) is 27.9 Å². The van der Waals surface area contributed by atoms with Crippen molar-refractivity contribution in [1.29, 1.82) is 0 Å². The van der Waals surface area contributed by atoms with Crippen LogP contribution in [0.3, 0.4) is 0 Å². The number of aromatic amines is 1. The van der Waals surface area contributed by atoms with E-state index >= 15 is 0 Å². The second kappa shape index (κ2) is 10.2. The summed E-state index contributed by atoms with van der Waals surface area (Å²) in [7, 11) is 4.66. The Morgan fingerprint density at radius 2 is 1.59 bits per heavy atom. The summed E-state index contributed by atoms with van der Waals surface area (Å²) in [5, 5.41) is 0.837. The Morgan fingerprint density at radius 3 is 2.21 bits per heavy atom. The van der Waals surface area contributed by atoms with Gasteiger partial charge in [-0.05, 0) is 42.3 Å². The predicted molar refractivity (Wildman–Crippen MR) is 130 cm³/mol. The number of hydrogen-bond acceptors (Lipinski definition) is 6. The van der Waals surface area contributed by atoms with Crippen molar-refractivity contribution in [2.45, 2.75) is 13.5 Å². The molecule has 0 aliphatic carbocycles. The van der Waals surface area contributed by atoms with Gasteiger partial charge < -0.3 is 28.7 Å². The predicted octanol–water partition coefficient (Wildman–Crippen LogP) is 5.62. The molecule has 1 heterocycles. The standard InChI is InChI=1S/C27H27NO6/c1-5-33-27(29)25-24(18-13-22(30-2)26(32-4)23(14-18)31-3)20-12-11-19(15-21(20)28-25)34-16-17-9-7-6-8-10-17/h6-15,28H,5,16H2,1-4H3. The van der Waals surface area contributed by atoms with Gasteiger partial charge in [-0.2, -0.15) is 0 Å². The molecule has 0 unspecified atom stereocenters. The maximum atomic E-state index is 12.9. The van der Waals surface area contributed by atoms with Gasteiger partial charge in [0.25, 0.3) is 0 Å². The highest BCUT2D eigenvalue weighted by Gasteiger charge is 2.23. The van der Waals surface area contributed by atoms with E-state index < -0.39 is 5.97 Å². The molecular weight excluding hydrogens is 434 g/mol. The van der Waals surface area contributed by atoms with E-state index in [1.54, 1.807) is 28.3 Å². The number of benzene rings is 3. The number of carbonyl (C=O) groups excluding carboxylic acids is 1. The number of H-pyrrole nitrogens is 1. The van der Waals surface area contributed by atoms with Gasteiger partial charge in [0.15, 0.2) is 11.5 Å². The quantitative estimate of drug-likeness (QED) is 0.326. The number of rotatable bonds is 9. The van der Waals surface area contributed by atoms with E-state index in [0.29, 0.717) is 40.9 Å². The fraction of sp³-hybridized carbons (Fsp3) is 0.222. The molecule has 0 atom stereocenters. The van der Waals surface area contributed by atoms with E-state index in [-0.39, 0.29) is 6.61 Å². The molecule has 0 amide bonds. The molecule has 0 bridgehead atoms. The lowest BCUT2D eigenvalue weighted by Crippen LogP contribution is -2.06. The molecule has 0 aliphatic heterocycles. The molecule has 0 spiro atoms. The number of carbonyl (C=O) groups is 1. The van der Waals surface area contributed by atoms with Crippen LogP contribution in [0.4, 0.5) is 0 Å². The van der Waals surface area contributed by atoms with Crippen molar-refractivity contribution >= 4 is 16.9 Å². The van der Waals surface area contributed by atoms with Crippen LogP contribution in [0.25, 0.3) is 22.0 Å². The average molecular weight is 462 g/mol. The molecule has 1 aromatic heterocycles. The molecule has 4 rings (SSSR count). The molecule has 176 valence electrons. The number of methoxy groups -OCH3 is 3. The molecular formula is C27H27NO6. The van der Waals surface area contributed by atoms with Gasteiger partial charge in [-0.1, -0.05) is 30.3 Å². The largest absolute Gasteiger partial charge is 0.493 e. The molecule has 7 nitrogen and oxygen atoms in total. The monoisotopic (exact) mass is 461 g/mol. The minimum Gasteiger partial charge on any atom is -0.493 e. The van der Waals surface area contributed by atoms with E-state index in [9.17, 15) is 4.79 Å². The Bertz CT molecular complexity index is 1270. The second-order valence-corrected chi connectivity index (χ2v) is 7.49. The molecule has 1 N–H and O–H groups in total. The molecule has 0 saturated heterocycles. The van der Waals surface area contributed by atoms with Gasteiger partial charge in [-0.3, -0.25) is 0 Å². The summed E-state index contributed by atoms with van der Waals surface area (Å²) in [6.45, 7) is 2.47. The van der Waals surface area contributed by atoms with Crippen LogP contribution >= 0.6 is 0 Å². The number of hydrogen-bond donors (Lipinski definition) is 1. The third-order valence-corrected chi connectivity index (χ3v) is 5.45. The maximum Gasteiger partial charge on any atom is 0.355 e. The van der Waals surface area contributed by atoms with Gasteiger partial charge in [-0.15, -0.1) is 0 Å². The first-order valence-electron chi connectivity index (χ1n) is 10.9. The summed E-state index contributed by atoms with van der Waals surface area (Å²) in [5.41, 5.74) is 3.56. The van der Waals surface area contributed by atoms with Crippen LogP contribution in [0.5, 0.6) is 23.0 Å². The maximum absolute atomic E-state index is 12.9. The van der Waals surface area contributed by atoms with Gasteiger partial charge >= 0.3 is 5.97 Å². The lowest BCUT2D eigenvalue weighted by molar-refractivity contribution is 0.0521. The Hall–Kier alpha value is -4.13. The Labute approximate surface area is 198 Å². The Morgan fingerprint density at radius 1 is 0.882 bits per heavy atom. The van der Waals surface area contributed by atoms with Crippen LogP contribution in [0, 0.1) is 0 Å². The highest BCUT2D eigenvalue weighted by atomic mass is 16.5. The minimum absolute atomic E-state index is 0.258. The summed E-state index contributed by atoms with van der Waals surface area (Å²) >= 11 is 0. The van der Waals surface area contributed by atoms with Crippen molar-refractivity contribution in [3.63, 3.8) is 0 Å². The third-order valence-electron chi connectivity index (χ3n) is 5.45. The van der Waals surface area contributed by atoms with Crippen LogP contribution in [-0.2, 0) is 11.3 Å². The molecule has 34 heavy (non-hydrogen) atoms. The summed E-state index contributed by atoms with van der Waals surface area (Å²) < 4.78 is 27.8. The van der Waals surface area contributed by atoms with Gasteiger partial charge in [0, 0.05) is 17.0 Å². The number of nitrogens with one attached hydrogen (secondary N) is 1. The van der Waals surface area contributed by atoms with Crippen LogP contribution in [0.2, 0.25) is 0 Å². The van der Waals surface area contributed by atoms with Gasteiger partial charge in [0.2, 0.25) is 5.75 Å². The summed E-state index contributed by atoms with van der Waals surface area (Å²) in [6, 6.07) is 19.2. The van der Waals surface area contributed by atoms with Crippen LogP contribution in [0.1, 0.15) is 23.0 Å². The van der Waals surface area contributed by atoms with Crippen molar-refractivity contribution in [1.82, 2.24) is 4.98 Å². The topological polar surface area (TPSA) is 79.0 Å². The summed E-state index contributed by atoms with van der Waals surface area (Å²) in [5.74, 6) is 1.69. The van der Waals surface area contributed by atoms with Crippen LogP contribution < -0.4 is 18.9 Å². The fourth-order valence-corrected chi connectivity index (χ4v) is 3.89. The molecule has 0 fully saturated rings. The van der Waals surface area contributed by atoms with E-state index in [2.05, 4.69) is 4.98 Å². The highest BCUT2D eigenvalue weighted by Crippen LogP contribution is 2.44. The van der Waals surface area contributed by atoms with E-state index in [4.69, 9.17) is 23.7 Å². The number of fused-ring (bicyclic) bond motifs is 1. The van der Waals surface area contributed by atoms with E-state index in [1.807, 2.05) is 60.7 Å². The van der Waals surface area contributed by atoms with Crippen molar-refractivity contribution < 1.29 is 28.5 Å². The first-order chi connectivity index (χ1) is 16.6. The minimum atomic E-state index is -0.450. The van der Waals surface area contributed by atoms with Crippen molar-refractivity contribution in [3.8, 4) is 34.1 Å². The van der Waals surface area contributed by atoms with Gasteiger partial charge in [0.05, 0.1) is 33.5 Å². The smallest absolute Gasteiger partial charge is 0.355 e. The van der Waals surface area contributed by atoms with E-state index in [1.165, 1.54) is 0 Å². The zero-order valence-electron chi connectivity index (χ0n) is 19.6. The highest BCUT2D eigenvalue weighted by molar-refractivity contribution is 6.08. The first kappa shape index (κ1) is 23.0. The second-order valence-electron chi connectivity index (χ2n) is 7.49. The number of esters is 1. The molecule has 0 aliphatic rings. The number of ether oxygens (including phenoxy) is 5. The molecule has 0 saturated carbocycles. The Kier molecular flexibility index (Phi) is 6.92. The zero-order valence-corrected chi connectivity index (χ0v) is 19.6. The fourth-order valence-electron chi connectivity index (χ4n) is 3.89. The third kappa shape index (κ3) is 4.50. The van der Waals surface area contributed by atoms with Gasteiger partial charge in [-0.25, -0.2) is 4.79 Å². The van der Waals surface area contributed by atoms with Crippen LogP contribution in [-0.4, -0.2) is 38.9 Å². The van der Waals surface area contributed by atoms with Crippen LogP contribution in [0.15, 0.2) is 60.7 Å². The number of aromatic nitrogens is 1. The van der Waals surface area contributed by atoms with E-state index in [0.717, 1.165) is 22.0 Å². The summed E-state index contributed by atoms with van der Waals surface area (Å²) in [4.78, 5) is 16.1. The van der Waals surface area contributed by atoms with Crippen molar-refractivity contribution in [2.24, 2.45) is 0 Å². The molecule has 3 aromatic carbocycles. The lowest BCUT2D eigenvalue weighted by atomic mass is 10.0. The molecule has 0 radical (unpaired) electrons. The first-order valence-corrected chi connectivity index (χ1v) is 10.9. The normalized spacial score (nSPS) is 10.7. The van der Waals surface area contributed by atoms with Crippen molar-refractivity contribution in [3.05, 3.63) is 71.9 Å².